The SMILES string of the molecule is NC1CCC(N2Cc3cc(F)ccc3C2=O)CC1. The lowest BCUT2D eigenvalue weighted by Gasteiger charge is -2.33. The van der Waals surface area contributed by atoms with Crippen molar-refractivity contribution in [3.05, 3.63) is 35.1 Å². The lowest BCUT2D eigenvalue weighted by atomic mass is 9.91. The third-order valence-electron chi connectivity index (χ3n) is 4.08. The van der Waals surface area contributed by atoms with E-state index in [-0.39, 0.29) is 23.8 Å². The van der Waals surface area contributed by atoms with E-state index in [0.717, 1.165) is 31.2 Å². The van der Waals surface area contributed by atoms with Gasteiger partial charge in [0.05, 0.1) is 0 Å². The quantitative estimate of drug-likeness (QED) is 0.826. The van der Waals surface area contributed by atoms with Crippen LogP contribution in [-0.2, 0) is 6.54 Å². The van der Waals surface area contributed by atoms with E-state index >= 15 is 0 Å². The summed E-state index contributed by atoms with van der Waals surface area (Å²) in [6.07, 6.45) is 3.87. The zero-order valence-corrected chi connectivity index (χ0v) is 10.2. The van der Waals surface area contributed by atoms with Crippen LogP contribution in [0.2, 0.25) is 0 Å². The number of nitrogens with two attached hydrogens (primary N) is 1. The van der Waals surface area contributed by atoms with E-state index in [1.165, 1.54) is 12.1 Å². The minimum Gasteiger partial charge on any atom is -0.331 e. The molecule has 1 fully saturated rings. The maximum absolute atomic E-state index is 13.2. The lowest BCUT2D eigenvalue weighted by Crippen LogP contribution is -2.40. The first kappa shape index (κ1) is 11.7. The van der Waals surface area contributed by atoms with Crippen molar-refractivity contribution < 1.29 is 9.18 Å². The Kier molecular flexibility index (Phi) is 2.82. The van der Waals surface area contributed by atoms with E-state index in [9.17, 15) is 9.18 Å². The van der Waals surface area contributed by atoms with E-state index in [0.29, 0.717) is 12.1 Å². The minimum absolute atomic E-state index is 0.0467. The molecule has 96 valence electrons. The fourth-order valence-corrected chi connectivity index (χ4v) is 3.02. The molecule has 3 rings (SSSR count). The molecule has 0 aromatic heterocycles. The van der Waals surface area contributed by atoms with Gasteiger partial charge in [-0.25, -0.2) is 4.39 Å². The molecule has 18 heavy (non-hydrogen) atoms. The summed E-state index contributed by atoms with van der Waals surface area (Å²) in [5, 5.41) is 0. The largest absolute Gasteiger partial charge is 0.331 e. The van der Waals surface area contributed by atoms with Gasteiger partial charge in [-0.1, -0.05) is 0 Å². The van der Waals surface area contributed by atoms with Crippen LogP contribution in [0.15, 0.2) is 18.2 Å². The van der Waals surface area contributed by atoms with Gasteiger partial charge >= 0.3 is 0 Å². The van der Waals surface area contributed by atoms with Gasteiger partial charge in [-0.05, 0) is 49.4 Å². The normalized spacial score (nSPS) is 27.4. The minimum atomic E-state index is -0.269. The van der Waals surface area contributed by atoms with E-state index in [2.05, 4.69) is 0 Å². The van der Waals surface area contributed by atoms with Crippen molar-refractivity contribution in [3.8, 4) is 0 Å². The standard InChI is InChI=1S/C14H17FN2O/c15-10-1-6-13-9(7-10)8-17(14(13)18)12-4-2-11(16)3-5-12/h1,6-7,11-12H,2-5,8,16H2. The Labute approximate surface area is 106 Å². The van der Waals surface area contributed by atoms with Crippen molar-refractivity contribution >= 4 is 5.91 Å². The van der Waals surface area contributed by atoms with Crippen molar-refractivity contribution in [3.63, 3.8) is 0 Å². The number of hydrogen-bond donors (Lipinski definition) is 1. The Bertz CT molecular complexity index is 481. The zero-order chi connectivity index (χ0) is 12.7. The van der Waals surface area contributed by atoms with Gasteiger partial charge < -0.3 is 10.6 Å². The average molecular weight is 248 g/mol. The van der Waals surface area contributed by atoms with Crippen LogP contribution >= 0.6 is 0 Å². The molecule has 1 amide bonds. The van der Waals surface area contributed by atoms with Crippen molar-refractivity contribution in [2.45, 2.75) is 44.3 Å². The number of amides is 1. The van der Waals surface area contributed by atoms with E-state index in [4.69, 9.17) is 5.73 Å². The van der Waals surface area contributed by atoms with Gasteiger partial charge in [-0.3, -0.25) is 4.79 Å². The summed E-state index contributed by atoms with van der Waals surface area (Å²) in [6, 6.07) is 4.98. The second kappa shape index (κ2) is 4.35. The summed E-state index contributed by atoms with van der Waals surface area (Å²) < 4.78 is 13.2. The first-order valence-corrected chi connectivity index (χ1v) is 6.50. The predicted octanol–water partition coefficient (Wildman–Crippen LogP) is 2.05. The smallest absolute Gasteiger partial charge is 0.254 e. The highest BCUT2D eigenvalue weighted by Gasteiger charge is 2.34. The topological polar surface area (TPSA) is 46.3 Å². The van der Waals surface area contributed by atoms with Gasteiger partial charge in [-0.15, -0.1) is 0 Å². The third-order valence-corrected chi connectivity index (χ3v) is 4.08. The number of benzene rings is 1. The van der Waals surface area contributed by atoms with Crippen LogP contribution in [0.25, 0.3) is 0 Å². The number of carbonyl (C=O) groups is 1. The van der Waals surface area contributed by atoms with Crippen LogP contribution in [0.3, 0.4) is 0 Å². The number of nitrogens with zero attached hydrogens (tertiary/aromatic N) is 1. The van der Waals surface area contributed by atoms with E-state index in [1.54, 1.807) is 6.07 Å². The monoisotopic (exact) mass is 248 g/mol. The van der Waals surface area contributed by atoms with Crippen molar-refractivity contribution in [2.75, 3.05) is 0 Å². The Hall–Kier alpha value is -1.42. The van der Waals surface area contributed by atoms with Gasteiger partial charge in [0.2, 0.25) is 0 Å². The fourth-order valence-electron chi connectivity index (χ4n) is 3.02. The highest BCUT2D eigenvalue weighted by Crippen LogP contribution is 2.30. The molecule has 0 spiro atoms. The number of rotatable bonds is 1. The van der Waals surface area contributed by atoms with Crippen LogP contribution in [-0.4, -0.2) is 22.9 Å². The maximum atomic E-state index is 13.2. The van der Waals surface area contributed by atoms with E-state index < -0.39 is 0 Å². The Morgan fingerprint density at radius 2 is 1.94 bits per heavy atom. The van der Waals surface area contributed by atoms with E-state index in [1.807, 2.05) is 4.90 Å². The number of halogens is 1. The molecular formula is C14H17FN2O. The Balaban J connectivity index is 1.80. The summed E-state index contributed by atoms with van der Waals surface area (Å²) >= 11 is 0. The molecule has 0 unspecified atom stereocenters. The molecule has 1 aliphatic carbocycles. The van der Waals surface area contributed by atoms with Crippen LogP contribution in [0.1, 0.15) is 41.6 Å². The molecule has 0 atom stereocenters. The van der Waals surface area contributed by atoms with Crippen molar-refractivity contribution in [1.82, 2.24) is 4.90 Å². The van der Waals surface area contributed by atoms with Crippen LogP contribution < -0.4 is 5.73 Å². The molecule has 2 aliphatic rings. The third kappa shape index (κ3) is 1.90. The van der Waals surface area contributed by atoms with Gasteiger partial charge in [0.1, 0.15) is 5.82 Å². The molecule has 1 heterocycles. The number of fused-ring (bicyclic) bond motifs is 1. The number of hydrogen-bond acceptors (Lipinski definition) is 2. The summed E-state index contributed by atoms with van der Waals surface area (Å²) in [6.45, 7) is 0.547. The van der Waals surface area contributed by atoms with Gasteiger partial charge in [-0.2, -0.15) is 0 Å². The molecule has 1 aromatic carbocycles. The van der Waals surface area contributed by atoms with Crippen LogP contribution in [0, 0.1) is 5.82 Å². The first-order chi connectivity index (χ1) is 8.65. The summed E-state index contributed by atoms with van der Waals surface area (Å²) in [4.78, 5) is 14.1. The van der Waals surface area contributed by atoms with Crippen molar-refractivity contribution in [1.29, 1.82) is 0 Å². The van der Waals surface area contributed by atoms with Gasteiger partial charge in [0.25, 0.3) is 5.91 Å². The van der Waals surface area contributed by atoms with Gasteiger partial charge in [0, 0.05) is 24.2 Å². The lowest BCUT2D eigenvalue weighted by molar-refractivity contribution is 0.0652. The molecule has 1 saturated carbocycles. The molecule has 1 aromatic rings. The predicted molar refractivity (Wildman–Crippen MR) is 66.5 cm³/mol. The fraction of sp³-hybridized carbons (Fsp3) is 0.500. The molecule has 4 heteroatoms. The maximum Gasteiger partial charge on any atom is 0.254 e. The molecule has 0 saturated heterocycles. The highest BCUT2D eigenvalue weighted by atomic mass is 19.1. The molecule has 1 aliphatic heterocycles. The molecule has 2 N–H and O–H groups in total. The highest BCUT2D eigenvalue weighted by molar-refractivity contribution is 5.98. The Morgan fingerprint density at radius 3 is 2.67 bits per heavy atom. The zero-order valence-electron chi connectivity index (χ0n) is 10.2. The Morgan fingerprint density at radius 1 is 1.22 bits per heavy atom. The molecule has 0 bridgehead atoms. The summed E-state index contributed by atoms with van der Waals surface area (Å²) in [5.74, 6) is -0.223. The van der Waals surface area contributed by atoms with Crippen LogP contribution in [0.4, 0.5) is 4.39 Å². The molecular weight excluding hydrogens is 231 g/mol. The second-order valence-corrected chi connectivity index (χ2v) is 5.30. The van der Waals surface area contributed by atoms with Crippen LogP contribution in [0.5, 0.6) is 0 Å². The summed E-state index contributed by atoms with van der Waals surface area (Å²) in [7, 11) is 0. The summed E-state index contributed by atoms with van der Waals surface area (Å²) in [5.41, 5.74) is 7.35. The second-order valence-electron chi connectivity index (χ2n) is 5.30. The van der Waals surface area contributed by atoms with Gasteiger partial charge in [0.15, 0.2) is 0 Å². The molecule has 0 radical (unpaired) electrons. The first-order valence-electron chi connectivity index (χ1n) is 6.50. The average Bonchev–Trinajstić information content (AvgIpc) is 2.67. The molecule has 3 nitrogen and oxygen atoms in total. The number of carbonyl (C=O) groups excluding carboxylic acids is 1. The van der Waals surface area contributed by atoms with Crippen molar-refractivity contribution in [2.24, 2.45) is 5.73 Å².